The minimum absolute atomic E-state index is 0.0938. The fourth-order valence-electron chi connectivity index (χ4n) is 2.14. The van der Waals surface area contributed by atoms with Gasteiger partial charge in [-0.3, -0.25) is 4.79 Å². The van der Waals surface area contributed by atoms with Gasteiger partial charge in [0.2, 0.25) is 5.91 Å². The molecule has 1 saturated heterocycles. The van der Waals surface area contributed by atoms with Crippen molar-refractivity contribution >= 4 is 39.8 Å². The summed E-state index contributed by atoms with van der Waals surface area (Å²) in [5, 5.41) is 7.21. The van der Waals surface area contributed by atoms with Gasteiger partial charge in [0, 0.05) is 22.8 Å². The molecule has 5 nitrogen and oxygen atoms in total. The van der Waals surface area contributed by atoms with Crippen LogP contribution in [0.5, 0.6) is 0 Å². The number of amides is 1. The van der Waals surface area contributed by atoms with Crippen molar-refractivity contribution in [2.45, 2.75) is 6.42 Å². The molecule has 0 aliphatic carbocycles. The second kappa shape index (κ2) is 7.53. The molecule has 7 heteroatoms. The van der Waals surface area contributed by atoms with Crippen molar-refractivity contribution in [2.24, 2.45) is 5.10 Å². The highest BCUT2D eigenvalue weighted by Gasteiger charge is 2.12. The van der Waals surface area contributed by atoms with E-state index in [-0.39, 0.29) is 5.91 Å². The van der Waals surface area contributed by atoms with Gasteiger partial charge in [0.1, 0.15) is 0 Å². The van der Waals surface area contributed by atoms with Gasteiger partial charge in [0.15, 0.2) is 0 Å². The van der Waals surface area contributed by atoms with Gasteiger partial charge < -0.3 is 9.64 Å². The minimum Gasteiger partial charge on any atom is -0.378 e. The van der Waals surface area contributed by atoms with Gasteiger partial charge in [0.25, 0.3) is 0 Å². The Bertz CT molecular complexity index is 631. The van der Waals surface area contributed by atoms with Crippen molar-refractivity contribution in [1.29, 1.82) is 0 Å². The molecular weight excluding hydrogens is 318 g/mol. The summed E-state index contributed by atoms with van der Waals surface area (Å²) in [5.74, 6) is -0.0938. The normalized spacial score (nSPS) is 15.4. The van der Waals surface area contributed by atoms with E-state index in [0.717, 1.165) is 36.1 Å². The van der Waals surface area contributed by atoms with Gasteiger partial charge in [-0.25, -0.2) is 5.43 Å². The number of carbonyl (C=O) groups is 1. The smallest absolute Gasteiger partial charge is 0.245 e. The zero-order valence-corrected chi connectivity index (χ0v) is 13.7. The van der Waals surface area contributed by atoms with Crippen LogP contribution < -0.4 is 10.3 Å². The van der Waals surface area contributed by atoms with Crippen LogP contribution in [-0.2, 0) is 16.0 Å². The number of anilines is 1. The summed E-state index contributed by atoms with van der Waals surface area (Å²) in [5.41, 5.74) is 2.57. The topological polar surface area (TPSA) is 53.9 Å². The van der Waals surface area contributed by atoms with Crippen LogP contribution in [0.25, 0.3) is 0 Å². The molecule has 1 N–H and O–H groups in total. The first-order valence-corrected chi connectivity index (χ1v) is 8.78. The van der Waals surface area contributed by atoms with E-state index in [4.69, 9.17) is 4.74 Å². The van der Waals surface area contributed by atoms with Crippen LogP contribution >= 0.6 is 22.7 Å². The fraction of sp³-hybridized carbons (Fsp3) is 0.333. The fourth-order valence-corrected chi connectivity index (χ4v) is 3.78. The zero-order chi connectivity index (χ0) is 15.2. The maximum Gasteiger partial charge on any atom is 0.245 e. The van der Waals surface area contributed by atoms with Gasteiger partial charge in [-0.1, -0.05) is 6.07 Å². The first-order chi connectivity index (χ1) is 10.8. The number of ether oxygens (including phenoxy) is 1. The largest absolute Gasteiger partial charge is 0.378 e. The quantitative estimate of drug-likeness (QED) is 0.674. The SMILES string of the molecule is O=C(Cc1cccs1)N/N=C/c1ccc(N2CCOCC2)s1. The van der Waals surface area contributed by atoms with Crippen LogP contribution in [0.4, 0.5) is 5.00 Å². The number of nitrogens with zero attached hydrogens (tertiary/aromatic N) is 2. The monoisotopic (exact) mass is 335 g/mol. The molecule has 1 aliphatic rings. The highest BCUT2D eigenvalue weighted by Crippen LogP contribution is 2.25. The summed E-state index contributed by atoms with van der Waals surface area (Å²) < 4.78 is 5.35. The molecule has 0 atom stereocenters. The molecule has 0 radical (unpaired) electrons. The Morgan fingerprint density at radius 3 is 3.00 bits per heavy atom. The van der Waals surface area contributed by atoms with Crippen LogP contribution in [0.3, 0.4) is 0 Å². The molecular formula is C15H17N3O2S2. The van der Waals surface area contributed by atoms with E-state index in [2.05, 4.69) is 21.5 Å². The van der Waals surface area contributed by atoms with Crippen LogP contribution in [0.15, 0.2) is 34.7 Å². The number of rotatable bonds is 5. The average Bonchev–Trinajstić information content (AvgIpc) is 3.20. The Morgan fingerprint density at radius 2 is 2.23 bits per heavy atom. The molecule has 0 spiro atoms. The van der Waals surface area contributed by atoms with Crippen LogP contribution in [0, 0.1) is 0 Å². The van der Waals surface area contributed by atoms with Crippen LogP contribution in [-0.4, -0.2) is 38.4 Å². The number of nitrogens with one attached hydrogen (secondary N) is 1. The van der Waals surface area contributed by atoms with Gasteiger partial charge in [-0.2, -0.15) is 5.10 Å². The Hall–Kier alpha value is -1.70. The van der Waals surface area contributed by atoms with E-state index in [0.29, 0.717) is 6.42 Å². The average molecular weight is 335 g/mol. The Labute approximate surface area is 137 Å². The van der Waals surface area contributed by atoms with Crippen molar-refractivity contribution < 1.29 is 9.53 Å². The second-order valence-corrected chi connectivity index (χ2v) is 6.95. The predicted molar refractivity (Wildman–Crippen MR) is 91.1 cm³/mol. The highest BCUT2D eigenvalue weighted by molar-refractivity contribution is 7.17. The molecule has 1 amide bonds. The predicted octanol–water partition coefficient (Wildman–Crippen LogP) is 2.34. The molecule has 3 heterocycles. The molecule has 1 fully saturated rings. The van der Waals surface area contributed by atoms with E-state index in [1.165, 1.54) is 5.00 Å². The number of hydrazone groups is 1. The summed E-state index contributed by atoms with van der Waals surface area (Å²) in [7, 11) is 0. The van der Waals surface area contributed by atoms with Gasteiger partial charge >= 0.3 is 0 Å². The third-order valence-corrected chi connectivity index (χ3v) is 5.19. The Kier molecular flexibility index (Phi) is 5.20. The molecule has 3 rings (SSSR count). The molecule has 0 unspecified atom stereocenters. The highest BCUT2D eigenvalue weighted by atomic mass is 32.1. The lowest BCUT2D eigenvalue weighted by Gasteiger charge is -2.27. The van der Waals surface area contributed by atoms with E-state index in [9.17, 15) is 4.79 Å². The minimum atomic E-state index is -0.0938. The van der Waals surface area contributed by atoms with E-state index in [1.54, 1.807) is 28.9 Å². The molecule has 0 bridgehead atoms. The van der Waals surface area contributed by atoms with Crippen molar-refractivity contribution in [2.75, 3.05) is 31.2 Å². The Morgan fingerprint density at radius 1 is 1.36 bits per heavy atom. The standard InChI is InChI=1S/C15H17N3O2S2/c19-14(10-12-2-1-9-21-12)17-16-11-13-3-4-15(22-13)18-5-7-20-8-6-18/h1-4,9,11H,5-8,10H2,(H,17,19)/b16-11+. The first-order valence-electron chi connectivity index (χ1n) is 7.08. The zero-order valence-electron chi connectivity index (χ0n) is 12.0. The second-order valence-electron chi connectivity index (χ2n) is 4.82. The summed E-state index contributed by atoms with van der Waals surface area (Å²) in [6, 6.07) is 7.99. The van der Waals surface area contributed by atoms with E-state index >= 15 is 0 Å². The van der Waals surface area contributed by atoms with Crippen molar-refractivity contribution in [1.82, 2.24) is 5.43 Å². The molecule has 2 aromatic heterocycles. The number of hydrogen-bond donors (Lipinski definition) is 1. The maximum atomic E-state index is 11.7. The number of thiophene rings is 2. The lowest BCUT2D eigenvalue weighted by molar-refractivity contribution is -0.120. The van der Waals surface area contributed by atoms with Gasteiger partial charge in [0.05, 0.1) is 30.9 Å². The van der Waals surface area contributed by atoms with Crippen LogP contribution in [0.2, 0.25) is 0 Å². The van der Waals surface area contributed by atoms with Crippen molar-refractivity contribution in [3.63, 3.8) is 0 Å². The molecule has 1 aliphatic heterocycles. The van der Waals surface area contributed by atoms with E-state index in [1.807, 2.05) is 23.6 Å². The third-order valence-electron chi connectivity index (χ3n) is 3.23. The van der Waals surface area contributed by atoms with Gasteiger partial charge in [-0.05, 0) is 23.6 Å². The lowest BCUT2D eigenvalue weighted by atomic mass is 10.3. The summed E-state index contributed by atoms with van der Waals surface area (Å²) >= 11 is 3.24. The number of carbonyl (C=O) groups excluding carboxylic acids is 1. The van der Waals surface area contributed by atoms with Crippen LogP contribution in [0.1, 0.15) is 9.75 Å². The van der Waals surface area contributed by atoms with Crippen molar-refractivity contribution in [3.8, 4) is 0 Å². The maximum absolute atomic E-state index is 11.7. The van der Waals surface area contributed by atoms with E-state index < -0.39 is 0 Å². The summed E-state index contributed by atoms with van der Waals surface area (Å²) in [6.45, 7) is 3.41. The molecule has 116 valence electrons. The summed E-state index contributed by atoms with van der Waals surface area (Å²) in [6.07, 6.45) is 2.07. The third kappa shape index (κ3) is 4.16. The van der Waals surface area contributed by atoms with Crippen molar-refractivity contribution in [3.05, 3.63) is 39.4 Å². The summed E-state index contributed by atoms with van der Waals surface area (Å²) in [4.78, 5) is 16.1. The van der Waals surface area contributed by atoms with Gasteiger partial charge in [-0.15, -0.1) is 22.7 Å². The molecule has 2 aromatic rings. The molecule has 0 saturated carbocycles. The first kappa shape index (κ1) is 15.2. The number of morpholine rings is 1. The number of hydrogen-bond acceptors (Lipinski definition) is 6. The molecule has 22 heavy (non-hydrogen) atoms. The molecule has 0 aromatic carbocycles. The Balaban J connectivity index is 1.50. The lowest BCUT2D eigenvalue weighted by Crippen LogP contribution is -2.35.